The molecule has 0 heterocycles. The Hall–Kier alpha value is -2.58. The van der Waals surface area contributed by atoms with E-state index >= 15 is 0 Å². The van der Waals surface area contributed by atoms with E-state index in [2.05, 4.69) is 5.32 Å². The van der Waals surface area contributed by atoms with Gasteiger partial charge in [-0.15, -0.1) is 0 Å². The lowest BCUT2D eigenvalue weighted by Gasteiger charge is -2.32. The van der Waals surface area contributed by atoms with E-state index in [4.69, 9.17) is 11.6 Å². The SMILES string of the molecule is CC[C@H](C(=O)NC1CCCC1)N(Cc1cccc(C)c1)C(=O)CCCN(c1cc(Cl)ccc1C)S(C)(=O)=O. The van der Waals surface area contributed by atoms with Gasteiger partial charge in [0.2, 0.25) is 21.8 Å². The van der Waals surface area contributed by atoms with Crippen LogP contribution in [0.1, 0.15) is 68.6 Å². The van der Waals surface area contributed by atoms with Crippen molar-refractivity contribution >= 4 is 39.1 Å². The lowest BCUT2D eigenvalue weighted by atomic mass is 10.1. The number of carbonyl (C=O) groups is 2. The number of anilines is 1. The summed E-state index contributed by atoms with van der Waals surface area (Å²) in [7, 11) is -3.59. The summed E-state index contributed by atoms with van der Waals surface area (Å²) in [5.41, 5.74) is 3.32. The molecule has 0 saturated heterocycles. The third-order valence-corrected chi connectivity index (χ3v) is 8.53. The molecule has 1 fully saturated rings. The van der Waals surface area contributed by atoms with Crippen molar-refractivity contribution in [2.45, 2.75) is 84.3 Å². The number of carbonyl (C=O) groups excluding carboxylic acids is 2. The third kappa shape index (κ3) is 8.21. The molecule has 0 bridgehead atoms. The first-order valence-corrected chi connectivity index (χ1v) is 15.6. The molecule has 0 aliphatic heterocycles. The molecule has 1 atom stereocenters. The maximum Gasteiger partial charge on any atom is 0.243 e. The fourth-order valence-electron chi connectivity index (χ4n) is 5.13. The van der Waals surface area contributed by atoms with Gasteiger partial charge in [-0.25, -0.2) is 8.42 Å². The van der Waals surface area contributed by atoms with Crippen molar-refractivity contribution < 1.29 is 18.0 Å². The van der Waals surface area contributed by atoms with Gasteiger partial charge >= 0.3 is 0 Å². The number of hydrogen-bond acceptors (Lipinski definition) is 4. The fourth-order valence-corrected chi connectivity index (χ4v) is 6.31. The third-order valence-electron chi connectivity index (χ3n) is 7.11. The molecule has 7 nitrogen and oxygen atoms in total. The maximum atomic E-state index is 13.6. The van der Waals surface area contributed by atoms with Crippen LogP contribution in [0, 0.1) is 13.8 Å². The zero-order chi connectivity index (χ0) is 27.9. The first-order valence-electron chi connectivity index (χ1n) is 13.4. The van der Waals surface area contributed by atoms with Crippen LogP contribution in [0.25, 0.3) is 0 Å². The Morgan fingerprint density at radius 3 is 2.45 bits per heavy atom. The van der Waals surface area contributed by atoms with Crippen LogP contribution in [0.2, 0.25) is 5.02 Å². The van der Waals surface area contributed by atoms with E-state index in [9.17, 15) is 18.0 Å². The first kappa shape index (κ1) is 30.0. The summed E-state index contributed by atoms with van der Waals surface area (Å²) < 4.78 is 26.5. The molecule has 0 unspecified atom stereocenters. The molecule has 1 aliphatic rings. The molecule has 9 heteroatoms. The standard InChI is InChI=1S/C29H40ClN3O4S/c1-5-26(29(35)31-25-12-6-7-13-25)32(20-23-11-8-10-21(2)18-23)28(34)14-9-17-33(38(4,36)37)27-19-24(30)16-15-22(27)3/h8,10-11,15-16,18-19,25-26H,5-7,9,12-14,17,20H2,1-4H3,(H,31,35)/t26-/m1/s1. The Morgan fingerprint density at radius 2 is 1.82 bits per heavy atom. The fraction of sp³-hybridized carbons (Fsp3) is 0.517. The summed E-state index contributed by atoms with van der Waals surface area (Å²) in [6.07, 6.45) is 6.23. The number of hydrogen-bond donors (Lipinski definition) is 1. The van der Waals surface area contributed by atoms with Gasteiger partial charge < -0.3 is 10.2 Å². The predicted octanol–water partition coefficient (Wildman–Crippen LogP) is 5.37. The van der Waals surface area contributed by atoms with E-state index in [-0.39, 0.29) is 30.8 Å². The average molecular weight is 562 g/mol. The van der Waals surface area contributed by atoms with E-state index in [1.165, 1.54) is 4.31 Å². The number of benzene rings is 2. The van der Waals surface area contributed by atoms with Gasteiger partial charge in [0.1, 0.15) is 6.04 Å². The predicted molar refractivity (Wildman–Crippen MR) is 154 cm³/mol. The van der Waals surface area contributed by atoms with Crippen molar-refractivity contribution in [3.63, 3.8) is 0 Å². The molecule has 0 spiro atoms. The Balaban J connectivity index is 1.78. The van der Waals surface area contributed by atoms with E-state index in [0.717, 1.165) is 48.6 Å². The van der Waals surface area contributed by atoms with Crippen LogP contribution in [0.15, 0.2) is 42.5 Å². The second-order valence-electron chi connectivity index (χ2n) is 10.3. The summed E-state index contributed by atoms with van der Waals surface area (Å²) in [6, 6.07) is 12.6. The van der Waals surface area contributed by atoms with Crippen LogP contribution < -0.4 is 9.62 Å². The smallest absolute Gasteiger partial charge is 0.243 e. The molecule has 208 valence electrons. The first-order chi connectivity index (χ1) is 18.0. The van der Waals surface area contributed by atoms with Crippen molar-refractivity contribution in [2.75, 3.05) is 17.1 Å². The minimum absolute atomic E-state index is 0.116. The van der Waals surface area contributed by atoms with Crippen LogP contribution in [0.4, 0.5) is 5.69 Å². The number of nitrogens with zero attached hydrogens (tertiary/aromatic N) is 2. The second-order valence-corrected chi connectivity index (χ2v) is 12.6. The zero-order valence-electron chi connectivity index (χ0n) is 22.9. The van der Waals surface area contributed by atoms with Gasteiger partial charge in [-0.2, -0.15) is 0 Å². The number of amides is 2. The van der Waals surface area contributed by atoms with Crippen LogP contribution in [0.3, 0.4) is 0 Å². The Morgan fingerprint density at radius 1 is 1.11 bits per heavy atom. The van der Waals surface area contributed by atoms with Crippen LogP contribution in [-0.2, 0) is 26.2 Å². The lowest BCUT2D eigenvalue weighted by Crippen LogP contribution is -2.51. The summed E-state index contributed by atoms with van der Waals surface area (Å²) in [5, 5.41) is 3.60. The molecule has 1 aliphatic carbocycles. The Labute approximate surface area is 232 Å². The summed E-state index contributed by atoms with van der Waals surface area (Å²) in [5.74, 6) is -0.288. The molecule has 38 heavy (non-hydrogen) atoms. The molecule has 1 N–H and O–H groups in total. The summed E-state index contributed by atoms with van der Waals surface area (Å²) in [4.78, 5) is 28.6. The number of halogens is 1. The van der Waals surface area contributed by atoms with E-state index in [1.807, 2.05) is 45.0 Å². The normalized spacial score (nSPS) is 14.8. The van der Waals surface area contributed by atoms with E-state index < -0.39 is 16.1 Å². The number of sulfonamides is 1. The Bertz CT molecular complexity index is 1230. The number of rotatable bonds is 12. The van der Waals surface area contributed by atoms with Gasteiger partial charge in [-0.1, -0.05) is 67.3 Å². The lowest BCUT2D eigenvalue weighted by molar-refractivity contribution is -0.141. The van der Waals surface area contributed by atoms with Crippen molar-refractivity contribution in [2.24, 2.45) is 0 Å². The van der Waals surface area contributed by atoms with Gasteiger partial charge in [0.05, 0.1) is 11.9 Å². The molecule has 2 aromatic carbocycles. The largest absolute Gasteiger partial charge is 0.352 e. The van der Waals surface area contributed by atoms with Crippen molar-refractivity contribution in [1.82, 2.24) is 10.2 Å². The highest BCUT2D eigenvalue weighted by Gasteiger charge is 2.31. The van der Waals surface area contributed by atoms with Gasteiger partial charge in [0.25, 0.3) is 0 Å². The number of aryl methyl sites for hydroxylation is 2. The van der Waals surface area contributed by atoms with Crippen LogP contribution >= 0.6 is 11.6 Å². The van der Waals surface area contributed by atoms with Crippen molar-refractivity contribution in [3.05, 3.63) is 64.2 Å². The number of nitrogens with one attached hydrogen (secondary N) is 1. The zero-order valence-corrected chi connectivity index (χ0v) is 24.4. The van der Waals surface area contributed by atoms with Gasteiger partial charge in [0.15, 0.2) is 0 Å². The summed E-state index contributed by atoms with van der Waals surface area (Å²) in [6.45, 7) is 6.20. The van der Waals surface area contributed by atoms with Gasteiger partial charge in [-0.3, -0.25) is 13.9 Å². The van der Waals surface area contributed by atoms with E-state index in [1.54, 1.807) is 23.1 Å². The summed E-state index contributed by atoms with van der Waals surface area (Å²) >= 11 is 6.15. The highest BCUT2D eigenvalue weighted by atomic mass is 35.5. The quantitative estimate of drug-likeness (QED) is 0.377. The minimum atomic E-state index is -3.59. The molecule has 0 radical (unpaired) electrons. The molecule has 3 rings (SSSR count). The second kappa shape index (κ2) is 13.5. The van der Waals surface area contributed by atoms with E-state index in [0.29, 0.717) is 30.1 Å². The van der Waals surface area contributed by atoms with Crippen LogP contribution in [0.5, 0.6) is 0 Å². The maximum absolute atomic E-state index is 13.6. The highest BCUT2D eigenvalue weighted by molar-refractivity contribution is 7.92. The van der Waals surface area contributed by atoms with Crippen molar-refractivity contribution in [1.29, 1.82) is 0 Å². The molecule has 2 amide bonds. The molecule has 2 aromatic rings. The van der Waals surface area contributed by atoms with Crippen LogP contribution in [-0.4, -0.2) is 50.0 Å². The minimum Gasteiger partial charge on any atom is -0.352 e. The monoisotopic (exact) mass is 561 g/mol. The molecular weight excluding hydrogens is 522 g/mol. The average Bonchev–Trinajstić information content (AvgIpc) is 3.35. The molecule has 1 saturated carbocycles. The molecule has 0 aromatic heterocycles. The van der Waals surface area contributed by atoms with Gasteiger partial charge in [0, 0.05) is 30.6 Å². The highest BCUT2D eigenvalue weighted by Crippen LogP contribution is 2.27. The molecular formula is C29H40ClN3O4S. The van der Waals surface area contributed by atoms with Gasteiger partial charge in [-0.05, 0) is 62.8 Å². The Kier molecular flexibility index (Phi) is 10.6. The topological polar surface area (TPSA) is 86.8 Å². The van der Waals surface area contributed by atoms with Crippen molar-refractivity contribution in [3.8, 4) is 0 Å².